The first-order chi connectivity index (χ1) is 20.7. The molecule has 5 nitrogen and oxygen atoms in total. The van der Waals surface area contributed by atoms with Crippen LogP contribution in [0.4, 0.5) is 0 Å². The van der Waals surface area contributed by atoms with Gasteiger partial charge in [-0.15, -0.1) is 5.73 Å². The minimum atomic E-state index is -1.21. The third-order valence-electron chi connectivity index (χ3n) is 8.64. The molecule has 4 N–H and O–H groups in total. The minimum absolute atomic E-state index is 0.144. The fraction of sp³-hybridized carbons (Fsp3) is 0.500. The fourth-order valence-electron chi connectivity index (χ4n) is 6.61. The van der Waals surface area contributed by atoms with Gasteiger partial charge in [-0.25, -0.2) is 0 Å². The summed E-state index contributed by atoms with van der Waals surface area (Å²) >= 11 is 0. The van der Waals surface area contributed by atoms with Crippen LogP contribution in [-0.2, 0) is 4.79 Å². The zero-order valence-electron chi connectivity index (χ0n) is 29.1. The van der Waals surface area contributed by atoms with E-state index < -0.39 is 28.8 Å². The number of aliphatic hydroxyl groups excluding tert-OH is 2. The lowest BCUT2D eigenvalue weighted by Crippen LogP contribution is -2.45. The number of hydrogen-bond donors (Lipinski definition) is 4. The topological polar surface area (TPSA) is 98.0 Å². The van der Waals surface area contributed by atoms with Crippen LogP contribution in [0.3, 0.4) is 0 Å². The smallest absolute Gasteiger partial charge is 0.181 e. The van der Waals surface area contributed by atoms with E-state index in [9.17, 15) is 25.2 Å². The molecule has 0 aliphatic heterocycles. The fourth-order valence-corrected chi connectivity index (χ4v) is 6.61. The summed E-state index contributed by atoms with van der Waals surface area (Å²) in [5, 5.41) is 41.9. The van der Waals surface area contributed by atoms with Crippen molar-refractivity contribution in [3.8, 4) is 0 Å². The third kappa shape index (κ3) is 11.7. The van der Waals surface area contributed by atoms with Crippen LogP contribution in [0.15, 0.2) is 112 Å². The van der Waals surface area contributed by atoms with Gasteiger partial charge in [-0.2, -0.15) is 0 Å². The van der Waals surface area contributed by atoms with Crippen molar-refractivity contribution < 1.29 is 25.2 Å². The first kappa shape index (κ1) is 38.1. The van der Waals surface area contributed by atoms with Crippen LogP contribution >= 0.6 is 0 Å². The van der Waals surface area contributed by atoms with Crippen LogP contribution in [0.1, 0.15) is 94.9 Å². The summed E-state index contributed by atoms with van der Waals surface area (Å²) in [6.07, 6.45) is 23.6. The van der Waals surface area contributed by atoms with Crippen LogP contribution in [0.2, 0.25) is 0 Å². The molecular formula is C40H56O5. The molecule has 2 aliphatic rings. The Hall–Kier alpha value is -3.05. The molecule has 2 saturated carbocycles. The van der Waals surface area contributed by atoms with Crippen molar-refractivity contribution in [1.82, 2.24) is 0 Å². The first-order valence-corrected chi connectivity index (χ1v) is 15.9. The highest BCUT2D eigenvalue weighted by molar-refractivity contribution is 6.04. The van der Waals surface area contributed by atoms with Gasteiger partial charge in [0.05, 0.1) is 23.4 Å². The molecule has 0 heterocycles. The monoisotopic (exact) mass is 616 g/mol. The van der Waals surface area contributed by atoms with Crippen molar-refractivity contribution in [3.63, 3.8) is 0 Å². The van der Waals surface area contributed by atoms with Gasteiger partial charge in [0, 0.05) is 18.4 Å². The van der Waals surface area contributed by atoms with E-state index in [1.165, 1.54) is 0 Å². The summed E-state index contributed by atoms with van der Waals surface area (Å²) in [5.41, 5.74) is 5.44. The summed E-state index contributed by atoms with van der Waals surface area (Å²) in [6.45, 7) is 19.2. The van der Waals surface area contributed by atoms with Crippen LogP contribution in [0.5, 0.6) is 0 Å². The Labute approximate surface area is 271 Å². The molecule has 0 spiro atoms. The second-order valence-electron chi connectivity index (χ2n) is 14.7. The largest absolute Gasteiger partial charge is 0.393 e. The maximum absolute atomic E-state index is 12.9. The number of carbonyl (C=O) groups is 1. The van der Waals surface area contributed by atoms with Crippen molar-refractivity contribution in [1.29, 1.82) is 0 Å². The number of aliphatic hydroxyl groups is 4. The minimum Gasteiger partial charge on any atom is -0.393 e. The second-order valence-corrected chi connectivity index (χ2v) is 14.7. The van der Waals surface area contributed by atoms with Gasteiger partial charge in [0.25, 0.3) is 0 Å². The predicted octanol–water partition coefficient (Wildman–Crippen LogP) is 7.88. The van der Waals surface area contributed by atoms with E-state index in [-0.39, 0.29) is 17.6 Å². The average molecular weight is 617 g/mol. The number of ketones is 1. The zero-order valence-corrected chi connectivity index (χ0v) is 29.1. The van der Waals surface area contributed by atoms with Gasteiger partial charge in [0.2, 0.25) is 0 Å². The van der Waals surface area contributed by atoms with Crippen molar-refractivity contribution in [2.24, 2.45) is 10.8 Å². The van der Waals surface area contributed by atoms with Gasteiger partial charge >= 0.3 is 0 Å². The zero-order chi connectivity index (χ0) is 34.2. The quantitative estimate of drug-likeness (QED) is 0.120. The molecule has 0 aromatic carbocycles. The molecule has 0 amide bonds. The summed E-state index contributed by atoms with van der Waals surface area (Å²) in [5.74, 6) is -0.144. The maximum Gasteiger partial charge on any atom is 0.181 e. The van der Waals surface area contributed by atoms with E-state index >= 15 is 0 Å². The van der Waals surface area contributed by atoms with Crippen molar-refractivity contribution >= 4 is 5.78 Å². The van der Waals surface area contributed by atoms with E-state index in [0.717, 1.165) is 22.3 Å². The van der Waals surface area contributed by atoms with E-state index in [1.54, 1.807) is 32.9 Å². The number of hydrogen-bond acceptors (Lipinski definition) is 5. The molecule has 45 heavy (non-hydrogen) atoms. The summed E-state index contributed by atoms with van der Waals surface area (Å²) in [7, 11) is 0. The second kappa shape index (κ2) is 15.5. The number of rotatable bonds is 9. The molecule has 2 rings (SSSR count). The molecule has 4 atom stereocenters. The lowest BCUT2D eigenvalue weighted by molar-refractivity contribution is -0.111. The normalized spacial score (nSPS) is 30.9. The molecular weight excluding hydrogens is 560 g/mol. The molecule has 2 fully saturated rings. The van der Waals surface area contributed by atoms with Gasteiger partial charge in [-0.05, 0) is 94.1 Å². The van der Waals surface area contributed by atoms with Crippen LogP contribution in [0.25, 0.3) is 0 Å². The summed E-state index contributed by atoms with van der Waals surface area (Å²) < 4.78 is 0. The van der Waals surface area contributed by atoms with Gasteiger partial charge in [0.1, 0.15) is 0 Å². The molecule has 5 heteroatoms. The van der Waals surface area contributed by atoms with Crippen LogP contribution < -0.4 is 0 Å². The highest BCUT2D eigenvalue weighted by Crippen LogP contribution is 2.46. The highest BCUT2D eigenvalue weighted by Gasteiger charge is 2.45. The summed E-state index contributed by atoms with van der Waals surface area (Å²) in [4.78, 5) is 12.9. The Balaban J connectivity index is 2.00. The standard InChI is InChI=1S/C40H56O5/c1-28(17-13-18-30(3)21-22-35-37(5,6)24-32(41)26-39(35,9)44)15-11-12-16-29(2)19-14-20-31(4)34(43)23-36-38(7,8)25-33(42)27-40(36,10)45/h11-21,23,32-33,41-42,44-45H,24-27H2,1-10H3/b12-11+,17-13+,19-14+,28-15+,29-16+,30-18+,31-20+,36-23-/t22?,32-,33-,39+,40+/m0/s1. The maximum atomic E-state index is 12.9. The Morgan fingerprint density at radius 3 is 1.64 bits per heavy atom. The predicted molar refractivity (Wildman–Crippen MR) is 186 cm³/mol. The van der Waals surface area contributed by atoms with E-state index in [4.69, 9.17) is 0 Å². The van der Waals surface area contributed by atoms with Crippen LogP contribution in [0, 0.1) is 10.8 Å². The number of carbonyl (C=O) groups excluding carboxylic acids is 1. The molecule has 0 aromatic rings. The van der Waals surface area contributed by atoms with E-state index in [1.807, 2.05) is 109 Å². The highest BCUT2D eigenvalue weighted by atomic mass is 16.3. The molecule has 0 bridgehead atoms. The Bertz CT molecular complexity index is 1370. The van der Waals surface area contributed by atoms with Gasteiger partial charge in [-0.1, -0.05) is 99.6 Å². The van der Waals surface area contributed by atoms with Gasteiger partial charge in [-0.3, -0.25) is 4.79 Å². The SMILES string of the molecule is C\C(C=C=C1C(C)(C)C[C@H](O)C[C@@]1(C)O)=C/C=C/C(C)=C/C=C/C=C(C)/C=C/C=C(\C)C(=O)/C=C1/C(C)(C)C[C@H](O)C[C@@]1(C)O. The van der Waals surface area contributed by atoms with E-state index in [2.05, 4.69) is 5.73 Å². The molecule has 0 unspecified atom stereocenters. The van der Waals surface area contributed by atoms with Gasteiger partial charge in [0.15, 0.2) is 5.78 Å². The third-order valence-corrected chi connectivity index (χ3v) is 8.64. The first-order valence-electron chi connectivity index (χ1n) is 15.9. The molecule has 0 radical (unpaired) electrons. The van der Waals surface area contributed by atoms with Crippen molar-refractivity contribution in [2.45, 2.75) is 118 Å². The average Bonchev–Trinajstić information content (AvgIpc) is 2.86. The van der Waals surface area contributed by atoms with Crippen molar-refractivity contribution in [3.05, 3.63) is 112 Å². The Morgan fingerprint density at radius 2 is 1.13 bits per heavy atom. The van der Waals surface area contributed by atoms with Gasteiger partial charge < -0.3 is 20.4 Å². The molecule has 0 aromatic heterocycles. The molecule has 0 saturated heterocycles. The lowest BCUT2D eigenvalue weighted by Gasteiger charge is -2.45. The lowest BCUT2D eigenvalue weighted by atomic mass is 9.64. The Kier molecular flexibility index (Phi) is 13.1. The van der Waals surface area contributed by atoms with E-state index in [0.29, 0.717) is 30.4 Å². The Morgan fingerprint density at radius 1 is 0.667 bits per heavy atom. The number of allylic oxidation sites excluding steroid dienone is 15. The molecule has 2 aliphatic carbocycles. The van der Waals surface area contributed by atoms with Crippen molar-refractivity contribution in [2.75, 3.05) is 0 Å². The molecule has 246 valence electrons. The summed E-state index contributed by atoms with van der Waals surface area (Å²) in [6, 6.07) is 0. The van der Waals surface area contributed by atoms with Crippen LogP contribution in [-0.4, -0.2) is 49.6 Å².